The molecule has 2 aromatic rings. The molecular weight excluding hydrogens is 272 g/mol. The first kappa shape index (κ1) is 15.8. The van der Waals surface area contributed by atoms with Crippen molar-refractivity contribution in [2.24, 2.45) is 0 Å². The maximum atomic E-state index is 12.2. The summed E-state index contributed by atoms with van der Waals surface area (Å²) in [5.41, 5.74) is 3.94. The lowest BCUT2D eigenvalue weighted by molar-refractivity contribution is 0.0955. The van der Waals surface area contributed by atoms with E-state index in [2.05, 4.69) is 29.7 Å². The van der Waals surface area contributed by atoms with Crippen molar-refractivity contribution in [3.8, 4) is 0 Å². The summed E-state index contributed by atoms with van der Waals surface area (Å²) < 4.78 is 0. The minimum absolute atomic E-state index is 0.0422. The highest BCUT2D eigenvalue weighted by atomic mass is 16.1. The Morgan fingerprint density at radius 2 is 1.77 bits per heavy atom. The molecule has 0 radical (unpaired) electrons. The molecule has 2 rings (SSSR count). The van der Waals surface area contributed by atoms with Crippen LogP contribution in [0.2, 0.25) is 0 Å². The van der Waals surface area contributed by atoms with Crippen LogP contribution in [0.25, 0.3) is 6.08 Å². The summed E-state index contributed by atoms with van der Waals surface area (Å²) in [6, 6.07) is 15.8. The van der Waals surface area contributed by atoms with E-state index in [1.165, 1.54) is 5.56 Å². The molecule has 22 heavy (non-hydrogen) atoms. The lowest BCUT2D eigenvalue weighted by Crippen LogP contribution is -2.29. The molecule has 2 N–H and O–H groups in total. The fourth-order valence-corrected chi connectivity index (χ4v) is 2.18. The Morgan fingerprint density at radius 1 is 1.05 bits per heavy atom. The number of nitrogens with one attached hydrogen (secondary N) is 2. The van der Waals surface area contributed by atoms with Gasteiger partial charge in [0.25, 0.3) is 5.91 Å². The molecule has 0 heterocycles. The van der Waals surface area contributed by atoms with E-state index in [9.17, 15) is 4.79 Å². The lowest BCUT2D eigenvalue weighted by Gasteiger charge is -2.10. The number of hydrogen-bond acceptors (Lipinski definition) is 2. The predicted molar refractivity (Wildman–Crippen MR) is 93.2 cm³/mol. The van der Waals surface area contributed by atoms with E-state index in [-0.39, 0.29) is 5.91 Å². The van der Waals surface area contributed by atoms with Gasteiger partial charge in [0.1, 0.15) is 0 Å². The van der Waals surface area contributed by atoms with Gasteiger partial charge in [-0.3, -0.25) is 4.79 Å². The molecule has 0 atom stereocenters. The Hall–Kier alpha value is -2.55. The van der Waals surface area contributed by atoms with Crippen molar-refractivity contribution in [3.05, 3.63) is 71.3 Å². The smallest absolute Gasteiger partial charge is 0.251 e. The molecule has 1 amide bonds. The Morgan fingerprint density at radius 3 is 2.50 bits per heavy atom. The molecule has 2 aromatic carbocycles. The van der Waals surface area contributed by atoms with Gasteiger partial charge in [-0.15, -0.1) is 0 Å². The first-order valence-corrected chi connectivity index (χ1v) is 7.51. The van der Waals surface area contributed by atoms with Crippen LogP contribution in [0.1, 0.15) is 28.4 Å². The van der Waals surface area contributed by atoms with Gasteiger partial charge in [-0.2, -0.15) is 0 Å². The molecule has 0 aromatic heterocycles. The number of benzene rings is 2. The third kappa shape index (κ3) is 4.48. The fourth-order valence-electron chi connectivity index (χ4n) is 2.18. The van der Waals surface area contributed by atoms with Gasteiger partial charge in [-0.1, -0.05) is 48.0 Å². The molecule has 3 nitrogen and oxygen atoms in total. The van der Waals surface area contributed by atoms with Crippen LogP contribution in [0.15, 0.2) is 54.6 Å². The van der Waals surface area contributed by atoms with Crippen molar-refractivity contribution in [2.45, 2.75) is 13.8 Å². The van der Waals surface area contributed by atoms with Crippen molar-refractivity contribution < 1.29 is 4.79 Å². The van der Waals surface area contributed by atoms with Crippen molar-refractivity contribution in [1.29, 1.82) is 0 Å². The van der Waals surface area contributed by atoms with Crippen LogP contribution in [0.5, 0.6) is 0 Å². The van der Waals surface area contributed by atoms with Crippen molar-refractivity contribution in [3.63, 3.8) is 0 Å². The summed E-state index contributed by atoms with van der Waals surface area (Å²) in [5.74, 6) is -0.0422. The zero-order chi connectivity index (χ0) is 15.8. The van der Waals surface area contributed by atoms with Crippen LogP contribution in [0, 0.1) is 6.92 Å². The van der Waals surface area contributed by atoms with Gasteiger partial charge >= 0.3 is 0 Å². The van der Waals surface area contributed by atoms with E-state index < -0.39 is 0 Å². The average Bonchev–Trinajstić information content (AvgIpc) is 2.54. The zero-order valence-corrected chi connectivity index (χ0v) is 13.1. The predicted octanol–water partition coefficient (Wildman–Crippen LogP) is 3.87. The number of amides is 1. The monoisotopic (exact) mass is 294 g/mol. The molecule has 114 valence electrons. The first-order chi connectivity index (χ1) is 10.7. The fraction of sp³-hybridized carbons (Fsp3) is 0.211. The van der Waals surface area contributed by atoms with Gasteiger partial charge in [-0.05, 0) is 37.6 Å². The summed E-state index contributed by atoms with van der Waals surface area (Å²) in [7, 11) is 0. The van der Waals surface area contributed by atoms with E-state index in [4.69, 9.17) is 0 Å². The maximum absolute atomic E-state index is 12.2. The Labute approximate surface area is 132 Å². The number of aryl methyl sites for hydroxylation is 1. The molecule has 0 aliphatic rings. The van der Waals surface area contributed by atoms with Gasteiger partial charge in [0.15, 0.2) is 0 Å². The SMILES string of the molecule is CC=Cc1ccccc1C(=O)NCCNc1ccc(C)cc1. The molecule has 0 fully saturated rings. The molecule has 0 unspecified atom stereocenters. The molecular formula is C19H22N2O. The topological polar surface area (TPSA) is 41.1 Å². The number of allylic oxidation sites excluding steroid dienone is 1. The molecule has 0 aliphatic carbocycles. The molecule has 0 aliphatic heterocycles. The van der Waals surface area contributed by atoms with E-state index >= 15 is 0 Å². The van der Waals surface area contributed by atoms with Crippen molar-refractivity contribution >= 4 is 17.7 Å². The number of hydrogen-bond donors (Lipinski definition) is 2. The largest absolute Gasteiger partial charge is 0.383 e. The molecule has 0 saturated carbocycles. The van der Waals surface area contributed by atoms with Crippen LogP contribution in [0.3, 0.4) is 0 Å². The molecule has 0 spiro atoms. The third-order valence-electron chi connectivity index (χ3n) is 3.34. The second-order valence-electron chi connectivity index (χ2n) is 5.14. The number of anilines is 1. The van der Waals surface area contributed by atoms with Crippen LogP contribution < -0.4 is 10.6 Å². The second kappa shape index (κ2) is 8.03. The molecule has 3 heteroatoms. The lowest BCUT2D eigenvalue weighted by atomic mass is 10.1. The zero-order valence-electron chi connectivity index (χ0n) is 13.1. The Bertz CT molecular complexity index is 645. The van der Waals surface area contributed by atoms with Gasteiger partial charge in [0.2, 0.25) is 0 Å². The van der Waals surface area contributed by atoms with Crippen molar-refractivity contribution in [2.75, 3.05) is 18.4 Å². The second-order valence-corrected chi connectivity index (χ2v) is 5.14. The minimum atomic E-state index is -0.0422. The van der Waals surface area contributed by atoms with Gasteiger partial charge in [0, 0.05) is 24.3 Å². The normalized spacial score (nSPS) is 10.6. The van der Waals surface area contributed by atoms with Crippen LogP contribution in [-0.2, 0) is 0 Å². The Balaban J connectivity index is 1.84. The first-order valence-electron chi connectivity index (χ1n) is 7.51. The van der Waals surface area contributed by atoms with Gasteiger partial charge in [0.05, 0.1) is 0 Å². The van der Waals surface area contributed by atoms with E-state index in [1.54, 1.807) is 0 Å². The summed E-state index contributed by atoms with van der Waals surface area (Å²) in [6.45, 7) is 5.28. The average molecular weight is 294 g/mol. The standard InChI is InChI=1S/C19H22N2O/c1-3-6-16-7-4-5-8-18(16)19(22)21-14-13-20-17-11-9-15(2)10-12-17/h3-12,20H,13-14H2,1-2H3,(H,21,22). The summed E-state index contributed by atoms with van der Waals surface area (Å²) in [5, 5.41) is 6.23. The quantitative estimate of drug-likeness (QED) is 0.794. The Kier molecular flexibility index (Phi) is 5.78. The highest BCUT2D eigenvalue weighted by Gasteiger charge is 2.07. The summed E-state index contributed by atoms with van der Waals surface area (Å²) in [6.07, 6.45) is 3.88. The molecule has 0 saturated heterocycles. The molecule has 0 bridgehead atoms. The van der Waals surface area contributed by atoms with Crippen molar-refractivity contribution in [1.82, 2.24) is 5.32 Å². The van der Waals surface area contributed by atoms with Crippen LogP contribution >= 0.6 is 0 Å². The summed E-state index contributed by atoms with van der Waals surface area (Å²) >= 11 is 0. The number of carbonyl (C=O) groups is 1. The van der Waals surface area contributed by atoms with E-state index in [0.717, 1.165) is 11.3 Å². The highest BCUT2D eigenvalue weighted by molar-refractivity contribution is 5.97. The van der Waals surface area contributed by atoms with E-state index in [1.807, 2.05) is 55.5 Å². The van der Waals surface area contributed by atoms with Gasteiger partial charge in [-0.25, -0.2) is 0 Å². The number of carbonyl (C=O) groups excluding carboxylic acids is 1. The number of rotatable bonds is 6. The van der Waals surface area contributed by atoms with Gasteiger partial charge < -0.3 is 10.6 Å². The maximum Gasteiger partial charge on any atom is 0.251 e. The van der Waals surface area contributed by atoms with Crippen LogP contribution in [0.4, 0.5) is 5.69 Å². The third-order valence-corrected chi connectivity index (χ3v) is 3.34. The highest BCUT2D eigenvalue weighted by Crippen LogP contribution is 2.11. The summed E-state index contributed by atoms with van der Waals surface area (Å²) in [4.78, 5) is 12.2. The van der Waals surface area contributed by atoms with Crippen LogP contribution in [-0.4, -0.2) is 19.0 Å². The minimum Gasteiger partial charge on any atom is -0.383 e. The van der Waals surface area contributed by atoms with E-state index in [0.29, 0.717) is 18.7 Å².